The van der Waals surface area contributed by atoms with Gasteiger partial charge in [-0.25, -0.2) is 13.2 Å². The number of benzene rings is 2. The van der Waals surface area contributed by atoms with Gasteiger partial charge in [0.05, 0.1) is 12.2 Å². The van der Waals surface area contributed by atoms with Crippen LogP contribution in [0, 0.1) is 17.5 Å². The zero-order valence-corrected chi connectivity index (χ0v) is 13.4. The normalized spacial score (nSPS) is 10.2. The van der Waals surface area contributed by atoms with Crippen LogP contribution < -0.4 is 15.4 Å². The van der Waals surface area contributed by atoms with Gasteiger partial charge in [-0.3, -0.25) is 9.59 Å². The van der Waals surface area contributed by atoms with Gasteiger partial charge in [-0.1, -0.05) is 11.6 Å². The molecule has 5 nitrogen and oxygen atoms in total. The van der Waals surface area contributed by atoms with Crippen molar-refractivity contribution in [2.75, 3.05) is 18.5 Å². The first-order chi connectivity index (χ1) is 11.9. The molecule has 25 heavy (non-hydrogen) atoms. The van der Waals surface area contributed by atoms with Gasteiger partial charge in [0.1, 0.15) is 5.75 Å². The van der Waals surface area contributed by atoms with Gasteiger partial charge in [0.2, 0.25) is 5.91 Å². The number of halogens is 4. The lowest BCUT2D eigenvalue weighted by atomic mass is 10.2. The Labute approximate surface area is 145 Å². The van der Waals surface area contributed by atoms with Crippen LogP contribution in [0.15, 0.2) is 36.4 Å². The fraction of sp³-hybridized carbons (Fsp3) is 0.125. The molecule has 0 atom stereocenters. The Morgan fingerprint density at radius 3 is 2.32 bits per heavy atom. The highest BCUT2D eigenvalue weighted by atomic mass is 35.5. The Morgan fingerprint density at radius 1 is 0.960 bits per heavy atom. The number of ether oxygens (including phenoxy) is 1. The molecule has 0 radical (unpaired) electrons. The summed E-state index contributed by atoms with van der Waals surface area (Å²) in [6.45, 7) is -0.851. The molecule has 2 amide bonds. The Morgan fingerprint density at radius 2 is 1.64 bits per heavy atom. The Balaban J connectivity index is 1.78. The standard InChI is InChI=1S/C16H12ClF3N2O3/c17-9-1-3-10(4-2-9)25-8-14(24)21-7-13(23)22-12-6-5-11(18)15(19)16(12)20/h1-6H,7-8H2,(H,21,24)(H,22,23). The van der Waals surface area contributed by atoms with E-state index < -0.39 is 41.5 Å². The predicted molar refractivity (Wildman–Crippen MR) is 84.9 cm³/mol. The Kier molecular flexibility index (Phi) is 6.24. The number of carbonyl (C=O) groups excluding carboxylic acids is 2. The first-order valence-corrected chi connectivity index (χ1v) is 7.33. The summed E-state index contributed by atoms with van der Waals surface area (Å²) in [6.07, 6.45) is 0. The molecule has 0 unspecified atom stereocenters. The van der Waals surface area contributed by atoms with Crippen molar-refractivity contribution in [3.05, 3.63) is 58.9 Å². The first kappa shape index (κ1) is 18.6. The molecular formula is C16H12ClF3N2O3. The molecule has 0 saturated heterocycles. The van der Waals surface area contributed by atoms with Crippen LogP contribution in [0.2, 0.25) is 5.02 Å². The molecule has 0 saturated carbocycles. The molecule has 0 fully saturated rings. The summed E-state index contributed by atoms with van der Waals surface area (Å²) in [6, 6.07) is 7.84. The van der Waals surface area contributed by atoms with Gasteiger partial charge in [0.15, 0.2) is 24.1 Å². The van der Waals surface area contributed by atoms with E-state index in [1.165, 1.54) is 0 Å². The van der Waals surface area contributed by atoms with Gasteiger partial charge in [0.25, 0.3) is 5.91 Å². The van der Waals surface area contributed by atoms with Crippen molar-refractivity contribution in [1.82, 2.24) is 5.32 Å². The van der Waals surface area contributed by atoms with Crippen LogP contribution in [-0.2, 0) is 9.59 Å². The molecule has 0 aliphatic rings. The topological polar surface area (TPSA) is 67.4 Å². The maximum atomic E-state index is 13.4. The number of hydrogen-bond donors (Lipinski definition) is 2. The van der Waals surface area contributed by atoms with Crippen molar-refractivity contribution in [2.24, 2.45) is 0 Å². The van der Waals surface area contributed by atoms with Crippen LogP contribution >= 0.6 is 11.6 Å². The average Bonchev–Trinajstić information content (AvgIpc) is 2.60. The largest absolute Gasteiger partial charge is 0.484 e. The SMILES string of the molecule is O=C(COc1ccc(Cl)cc1)NCC(=O)Nc1ccc(F)c(F)c1F. The first-order valence-electron chi connectivity index (χ1n) is 6.95. The molecule has 0 aliphatic carbocycles. The molecule has 0 spiro atoms. The van der Waals surface area contributed by atoms with E-state index in [9.17, 15) is 22.8 Å². The van der Waals surface area contributed by atoms with Crippen LogP contribution in [0.4, 0.5) is 18.9 Å². The quantitative estimate of drug-likeness (QED) is 0.766. The Bertz CT molecular complexity index is 785. The summed E-state index contributed by atoms with van der Waals surface area (Å²) >= 11 is 5.70. The monoisotopic (exact) mass is 372 g/mol. The Hall–Kier alpha value is -2.74. The average molecular weight is 373 g/mol. The van der Waals surface area contributed by atoms with E-state index >= 15 is 0 Å². The highest BCUT2D eigenvalue weighted by Crippen LogP contribution is 2.19. The van der Waals surface area contributed by atoms with E-state index in [0.717, 1.165) is 6.07 Å². The zero-order chi connectivity index (χ0) is 18.4. The molecular weight excluding hydrogens is 361 g/mol. The summed E-state index contributed by atoms with van der Waals surface area (Å²) in [4.78, 5) is 23.2. The second-order valence-electron chi connectivity index (χ2n) is 4.79. The van der Waals surface area contributed by atoms with E-state index in [-0.39, 0.29) is 6.61 Å². The second-order valence-corrected chi connectivity index (χ2v) is 5.23. The van der Waals surface area contributed by atoms with Gasteiger partial charge in [-0.2, -0.15) is 0 Å². The molecule has 0 bridgehead atoms. The third-order valence-corrected chi connectivity index (χ3v) is 3.19. The van der Waals surface area contributed by atoms with E-state index in [1.807, 2.05) is 5.32 Å². The number of carbonyl (C=O) groups is 2. The van der Waals surface area contributed by atoms with Crippen molar-refractivity contribution in [2.45, 2.75) is 0 Å². The molecule has 0 heterocycles. The lowest BCUT2D eigenvalue weighted by Gasteiger charge is -2.09. The van der Waals surface area contributed by atoms with Crippen molar-refractivity contribution in [3.8, 4) is 5.75 Å². The molecule has 132 valence electrons. The van der Waals surface area contributed by atoms with Crippen LogP contribution in [0.1, 0.15) is 0 Å². The second kappa shape index (κ2) is 8.39. The maximum absolute atomic E-state index is 13.4. The summed E-state index contributed by atoms with van der Waals surface area (Å²) < 4.78 is 44.4. The molecule has 0 aromatic heterocycles. The molecule has 9 heteroatoms. The van der Waals surface area contributed by atoms with Crippen LogP contribution in [-0.4, -0.2) is 25.0 Å². The minimum atomic E-state index is -1.70. The van der Waals surface area contributed by atoms with E-state index in [1.54, 1.807) is 24.3 Å². The van der Waals surface area contributed by atoms with Crippen molar-refractivity contribution >= 4 is 29.1 Å². The van der Waals surface area contributed by atoms with Crippen molar-refractivity contribution in [3.63, 3.8) is 0 Å². The lowest BCUT2D eigenvalue weighted by Crippen LogP contribution is -2.36. The van der Waals surface area contributed by atoms with E-state index in [2.05, 4.69) is 5.32 Å². The fourth-order valence-corrected chi connectivity index (χ4v) is 1.85. The van der Waals surface area contributed by atoms with Crippen molar-refractivity contribution < 1.29 is 27.5 Å². The van der Waals surface area contributed by atoms with Gasteiger partial charge in [0, 0.05) is 5.02 Å². The number of nitrogens with one attached hydrogen (secondary N) is 2. The zero-order valence-electron chi connectivity index (χ0n) is 12.6. The third kappa shape index (κ3) is 5.39. The van der Waals surface area contributed by atoms with Gasteiger partial charge in [-0.05, 0) is 36.4 Å². The smallest absolute Gasteiger partial charge is 0.258 e. The molecule has 2 aromatic rings. The number of amides is 2. The van der Waals surface area contributed by atoms with Crippen molar-refractivity contribution in [1.29, 1.82) is 0 Å². The van der Waals surface area contributed by atoms with Gasteiger partial charge < -0.3 is 15.4 Å². The van der Waals surface area contributed by atoms with Crippen LogP contribution in [0.25, 0.3) is 0 Å². The minimum absolute atomic E-state index is 0.353. The molecule has 2 N–H and O–H groups in total. The highest BCUT2D eigenvalue weighted by Gasteiger charge is 2.15. The van der Waals surface area contributed by atoms with E-state index in [4.69, 9.17) is 16.3 Å². The molecule has 2 aromatic carbocycles. The molecule has 2 rings (SSSR count). The van der Waals surface area contributed by atoms with Gasteiger partial charge in [-0.15, -0.1) is 0 Å². The maximum Gasteiger partial charge on any atom is 0.258 e. The third-order valence-electron chi connectivity index (χ3n) is 2.94. The van der Waals surface area contributed by atoms with Crippen LogP contribution in [0.5, 0.6) is 5.75 Å². The summed E-state index contributed by atoms with van der Waals surface area (Å²) in [5, 5.41) is 4.77. The number of anilines is 1. The number of rotatable bonds is 6. The fourth-order valence-electron chi connectivity index (χ4n) is 1.73. The lowest BCUT2D eigenvalue weighted by molar-refractivity contribution is -0.125. The van der Waals surface area contributed by atoms with Gasteiger partial charge >= 0.3 is 0 Å². The summed E-state index contributed by atoms with van der Waals surface area (Å²) in [7, 11) is 0. The summed E-state index contributed by atoms with van der Waals surface area (Å²) in [5.74, 6) is -5.60. The number of hydrogen-bond acceptors (Lipinski definition) is 3. The predicted octanol–water partition coefficient (Wildman–Crippen LogP) is 2.89. The highest BCUT2D eigenvalue weighted by molar-refractivity contribution is 6.30. The van der Waals surface area contributed by atoms with E-state index in [0.29, 0.717) is 16.8 Å². The minimum Gasteiger partial charge on any atom is -0.484 e. The molecule has 0 aliphatic heterocycles. The van der Waals surface area contributed by atoms with Crippen LogP contribution in [0.3, 0.4) is 0 Å². The summed E-state index contributed by atoms with van der Waals surface area (Å²) in [5.41, 5.74) is -0.532.